The second kappa shape index (κ2) is 7.55. The minimum Gasteiger partial charge on any atom is -0.354 e. The molecule has 0 bridgehead atoms. The van der Waals surface area contributed by atoms with Gasteiger partial charge < -0.3 is 10.2 Å². The van der Waals surface area contributed by atoms with Crippen molar-refractivity contribution in [3.05, 3.63) is 53.0 Å². The molecule has 1 saturated heterocycles. The fourth-order valence-electron chi connectivity index (χ4n) is 3.12. The number of aromatic nitrogens is 2. The number of anilines is 1. The van der Waals surface area contributed by atoms with Crippen LogP contribution in [0.4, 0.5) is 5.82 Å². The lowest BCUT2D eigenvalue weighted by Crippen LogP contribution is -2.44. The first-order chi connectivity index (χ1) is 11.3. The number of rotatable bonds is 5. The van der Waals surface area contributed by atoms with E-state index in [-0.39, 0.29) is 0 Å². The van der Waals surface area contributed by atoms with E-state index in [0.29, 0.717) is 0 Å². The van der Waals surface area contributed by atoms with E-state index in [0.717, 1.165) is 62.8 Å². The molecule has 0 unspecified atom stereocenters. The van der Waals surface area contributed by atoms with Gasteiger partial charge in [-0.15, -0.1) is 0 Å². The molecular formula is C19H26N4. The third-order valence-electron chi connectivity index (χ3n) is 4.35. The van der Waals surface area contributed by atoms with Crippen LogP contribution in [0, 0.1) is 6.92 Å². The predicted molar refractivity (Wildman–Crippen MR) is 95.1 cm³/mol. The fraction of sp³-hybridized carbons (Fsp3) is 0.474. The molecule has 0 spiro atoms. The molecule has 0 aliphatic carbocycles. The number of nitrogens with zero attached hydrogens (tertiary/aromatic N) is 3. The Morgan fingerprint density at radius 1 is 1.09 bits per heavy atom. The molecule has 0 radical (unpaired) electrons. The Labute approximate surface area is 139 Å². The van der Waals surface area contributed by atoms with Gasteiger partial charge in [0.25, 0.3) is 0 Å². The number of piperazine rings is 1. The number of aryl methyl sites for hydroxylation is 2. The topological polar surface area (TPSA) is 41.1 Å². The molecule has 122 valence electrons. The minimum atomic E-state index is 0.901. The largest absolute Gasteiger partial charge is 0.354 e. The molecule has 1 N–H and O–H groups in total. The highest BCUT2D eigenvalue weighted by molar-refractivity contribution is 5.51. The van der Waals surface area contributed by atoms with E-state index in [1.54, 1.807) is 0 Å². The van der Waals surface area contributed by atoms with Gasteiger partial charge in [0.15, 0.2) is 0 Å². The van der Waals surface area contributed by atoms with Crippen molar-refractivity contribution in [2.24, 2.45) is 0 Å². The summed E-state index contributed by atoms with van der Waals surface area (Å²) >= 11 is 0. The van der Waals surface area contributed by atoms with Crippen molar-refractivity contribution in [1.29, 1.82) is 0 Å². The minimum absolute atomic E-state index is 0.901. The maximum atomic E-state index is 4.93. The van der Waals surface area contributed by atoms with E-state index in [2.05, 4.69) is 54.4 Å². The van der Waals surface area contributed by atoms with E-state index in [9.17, 15) is 0 Å². The summed E-state index contributed by atoms with van der Waals surface area (Å²) in [6.07, 6.45) is 2.93. The second-order valence-electron chi connectivity index (χ2n) is 6.18. The number of hydrogen-bond acceptors (Lipinski definition) is 4. The molecule has 1 aliphatic heterocycles. The zero-order valence-electron chi connectivity index (χ0n) is 14.2. The van der Waals surface area contributed by atoms with Crippen LogP contribution in [0.25, 0.3) is 0 Å². The molecule has 1 aromatic heterocycles. The lowest BCUT2D eigenvalue weighted by molar-refractivity contribution is 0.581. The third kappa shape index (κ3) is 3.88. The van der Waals surface area contributed by atoms with Gasteiger partial charge in [0.1, 0.15) is 11.6 Å². The molecule has 4 heteroatoms. The highest BCUT2D eigenvalue weighted by atomic mass is 15.2. The lowest BCUT2D eigenvalue weighted by atomic mass is 10.0. The van der Waals surface area contributed by atoms with Crippen LogP contribution < -0.4 is 10.2 Å². The second-order valence-corrected chi connectivity index (χ2v) is 6.18. The average molecular weight is 310 g/mol. The zero-order chi connectivity index (χ0) is 16.1. The van der Waals surface area contributed by atoms with Crippen molar-refractivity contribution >= 4 is 5.82 Å². The Hall–Kier alpha value is -1.94. The molecule has 1 fully saturated rings. The van der Waals surface area contributed by atoms with E-state index in [4.69, 9.17) is 9.97 Å². The van der Waals surface area contributed by atoms with Crippen LogP contribution in [0.1, 0.15) is 36.0 Å². The first-order valence-electron chi connectivity index (χ1n) is 8.64. The van der Waals surface area contributed by atoms with Gasteiger partial charge in [-0.3, -0.25) is 0 Å². The molecule has 0 saturated carbocycles. The van der Waals surface area contributed by atoms with E-state index in [1.165, 1.54) is 11.1 Å². The standard InChI is InChI=1S/C19H26N4/c1-3-7-18-21-15(2)17(14-16-8-5-4-6-9-16)19(22-18)23-12-10-20-11-13-23/h4-6,8-9,20H,3,7,10-14H2,1-2H3. The highest BCUT2D eigenvalue weighted by Gasteiger charge is 2.19. The van der Waals surface area contributed by atoms with Gasteiger partial charge in [0.05, 0.1) is 0 Å². The van der Waals surface area contributed by atoms with E-state index in [1.807, 2.05) is 0 Å². The van der Waals surface area contributed by atoms with Crippen molar-refractivity contribution in [2.45, 2.75) is 33.1 Å². The highest BCUT2D eigenvalue weighted by Crippen LogP contribution is 2.24. The van der Waals surface area contributed by atoms with Gasteiger partial charge >= 0.3 is 0 Å². The molecule has 2 aromatic rings. The summed E-state index contributed by atoms with van der Waals surface area (Å²) in [7, 11) is 0. The fourth-order valence-corrected chi connectivity index (χ4v) is 3.12. The van der Waals surface area contributed by atoms with Crippen LogP contribution in [-0.2, 0) is 12.8 Å². The third-order valence-corrected chi connectivity index (χ3v) is 4.35. The Morgan fingerprint density at radius 2 is 1.83 bits per heavy atom. The summed E-state index contributed by atoms with van der Waals surface area (Å²) < 4.78 is 0. The molecule has 4 nitrogen and oxygen atoms in total. The van der Waals surface area contributed by atoms with Gasteiger partial charge in [0, 0.05) is 50.3 Å². The Balaban J connectivity index is 1.97. The summed E-state index contributed by atoms with van der Waals surface area (Å²) in [6.45, 7) is 8.40. The van der Waals surface area contributed by atoms with Crippen LogP contribution in [0.15, 0.2) is 30.3 Å². The summed E-state index contributed by atoms with van der Waals surface area (Å²) in [5, 5.41) is 3.42. The molecule has 3 rings (SSSR count). The van der Waals surface area contributed by atoms with Crippen molar-refractivity contribution in [3.8, 4) is 0 Å². The zero-order valence-corrected chi connectivity index (χ0v) is 14.2. The first kappa shape index (κ1) is 15.9. The van der Waals surface area contributed by atoms with Crippen LogP contribution in [0.5, 0.6) is 0 Å². The smallest absolute Gasteiger partial charge is 0.136 e. The average Bonchev–Trinajstić information content (AvgIpc) is 2.59. The molecule has 2 heterocycles. The van der Waals surface area contributed by atoms with Crippen molar-refractivity contribution < 1.29 is 0 Å². The molecule has 0 atom stereocenters. The maximum absolute atomic E-state index is 4.93. The van der Waals surface area contributed by atoms with Crippen LogP contribution in [0.3, 0.4) is 0 Å². The van der Waals surface area contributed by atoms with Crippen LogP contribution in [0.2, 0.25) is 0 Å². The van der Waals surface area contributed by atoms with Crippen molar-refractivity contribution in [3.63, 3.8) is 0 Å². The summed E-state index contributed by atoms with van der Waals surface area (Å²) in [6, 6.07) is 10.6. The van der Waals surface area contributed by atoms with E-state index >= 15 is 0 Å². The lowest BCUT2D eigenvalue weighted by Gasteiger charge is -2.31. The van der Waals surface area contributed by atoms with E-state index < -0.39 is 0 Å². The molecular weight excluding hydrogens is 284 g/mol. The number of benzene rings is 1. The first-order valence-corrected chi connectivity index (χ1v) is 8.64. The van der Waals surface area contributed by atoms with Crippen molar-refractivity contribution in [1.82, 2.24) is 15.3 Å². The quantitative estimate of drug-likeness (QED) is 0.922. The summed E-state index contributed by atoms with van der Waals surface area (Å²) in [4.78, 5) is 12.1. The summed E-state index contributed by atoms with van der Waals surface area (Å²) in [5.41, 5.74) is 3.72. The molecule has 0 amide bonds. The Kier molecular flexibility index (Phi) is 5.23. The van der Waals surface area contributed by atoms with Gasteiger partial charge in [-0.05, 0) is 18.9 Å². The van der Waals surface area contributed by atoms with Gasteiger partial charge in [0.2, 0.25) is 0 Å². The van der Waals surface area contributed by atoms with Crippen LogP contribution >= 0.6 is 0 Å². The summed E-state index contributed by atoms with van der Waals surface area (Å²) in [5.74, 6) is 2.13. The van der Waals surface area contributed by atoms with Crippen molar-refractivity contribution in [2.75, 3.05) is 31.1 Å². The Morgan fingerprint density at radius 3 is 2.52 bits per heavy atom. The van der Waals surface area contributed by atoms with Gasteiger partial charge in [-0.1, -0.05) is 37.3 Å². The SMILES string of the molecule is CCCc1nc(C)c(Cc2ccccc2)c(N2CCNCC2)n1. The molecule has 1 aromatic carbocycles. The Bertz CT molecular complexity index is 633. The molecule has 23 heavy (non-hydrogen) atoms. The number of hydrogen-bond donors (Lipinski definition) is 1. The maximum Gasteiger partial charge on any atom is 0.136 e. The van der Waals surface area contributed by atoms with Gasteiger partial charge in [-0.2, -0.15) is 0 Å². The van der Waals surface area contributed by atoms with Gasteiger partial charge in [-0.25, -0.2) is 9.97 Å². The molecule has 1 aliphatic rings. The normalized spacial score (nSPS) is 15.0. The van der Waals surface area contributed by atoms with Crippen LogP contribution in [-0.4, -0.2) is 36.1 Å². The monoisotopic (exact) mass is 310 g/mol. The number of nitrogens with one attached hydrogen (secondary N) is 1. The predicted octanol–water partition coefficient (Wildman–Crippen LogP) is 2.74.